The van der Waals surface area contributed by atoms with Gasteiger partial charge in [0.2, 0.25) is 11.8 Å². The van der Waals surface area contributed by atoms with E-state index in [1.807, 2.05) is 0 Å². The summed E-state index contributed by atoms with van der Waals surface area (Å²) in [5, 5.41) is 2.92. The van der Waals surface area contributed by atoms with Crippen LogP contribution in [-0.4, -0.2) is 65.9 Å². The van der Waals surface area contributed by atoms with Gasteiger partial charge in [0.15, 0.2) is 0 Å². The van der Waals surface area contributed by atoms with Crippen molar-refractivity contribution in [2.75, 3.05) is 33.2 Å². The molecular formula is C13H24N4O2S. The predicted molar refractivity (Wildman–Crippen MR) is 82.3 cm³/mol. The first kappa shape index (κ1) is 16.8. The number of hydrogen-bond donors (Lipinski definition) is 2. The Balaban J connectivity index is 2.27. The Hall–Kier alpha value is -1.21. The molecule has 114 valence electrons. The van der Waals surface area contributed by atoms with Crippen molar-refractivity contribution < 1.29 is 9.59 Å². The highest BCUT2D eigenvalue weighted by Gasteiger charge is 2.22. The van der Waals surface area contributed by atoms with Crippen molar-refractivity contribution in [1.29, 1.82) is 0 Å². The van der Waals surface area contributed by atoms with Crippen LogP contribution in [0.15, 0.2) is 0 Å². The van der Waals surface area contributed by atoms with Gasteiger partial charge >= 0.3 is 0 Å². The quantitative estimate of drug-likeness (QED) is 0.660. The summed E-state index contributed by atoms with van der Waals surface area (Å²) in [5.74, 6) is 0.0937. The van der Waals surface area contributed by atoms with Gasteiger partial charge in [0.1, 0.15) is 0 Å². The van der Waals surface area contributed by atoms with Gasteiger partial charge in [0, 0.05) is 46.1 Å². The minimum Gasteiger partial charge on any atom is -0.393 e. The highest BCUT2D eigenvalue weighted by Crippen LogP contribution is 2.10. The fourth-order valence-corrected chi connectivity index (χ4v) is 2.33. The lowest BCUT2D eigenvalue weighted by molar-refractivity contribution is -0.131. The summed E-state index contributed by atoms with van der Waals surface area (Å²) in [4.78, 5) is 27.2. The van der Waals surface area contributed by atoms with Crippen LogP contribution in [0.1, 0.15) is 26.2 Å². The van der Waals surface area contributed by atoms with Crippen molar-refractivity contribution in [2.45, 2.75) is 32.2 Å². The number of amides is 2. The van der Waals surface area contributed by atoms with Crippen LogP contribution in [0.5, 0.6) is 0 Å². The van der Waals surface area contributed by atoms with Crippen LogP contribution in [0.4, 0.5) is 0 Å². The average Bonchev–Trinajstić information content (AvgIpc) is 2.37. The number of likely N-dealkylation sites (tertiary alicyclic amines) is 1. The van der Waals surface area contributed by atoms with E-state index in [1.165, 1.54) is 6.92 Å². The van der Waals surface area contributed by atoms with E-state index in [0.717, 1.165) is 25.9 Å². The topological polar surface area (TPSA) is 78.7 Å². The first-order valence-electron chi connectivity index (χ1n) is 6.90. The third kappa shape index (κ3) is 6.29. The van der Waals surface area contributed by atoms with Gasteiger partial charge in [-0.15, -0.1) is 0 Å². The average molecular weight is 300 g/mol. The number of nitrogens with zero attached hydrogens (tertiary/aromatic N) is 2. The molecule has 0 aromatic carbocycles. The lowest BCUT2D eigenvalue weighted by Crippen LogP contribution is -2.47. The number of carbonyl (C=O) groups is 2. The summed E-state index contributed by atoms with van der Waals surface area (Å²) < 4.78 is 0. The lowest BCUT2D eigenvalue weighted by Gasteiger charge is -2.32. The number of carbonyl (C=O) groups excluding carboxylic acids is 2. The molecule has 0 aromatic rings. The zero-order valence-electron chi connectivity index (χ0n) is 12.2. The van der Waals surface area contributed by atoms with Gasteiger partial charge in [-0.2, -0.15) is 0 Å². The number of piperidine rings is 1. The molecule has 0 radical (unpaired) electrons. The molecule has 0 aliphatic carbocycles. The number of nitrogens with two attached hydrogens (primary N) is 1. The van der Waals surface area contributed by atoms with Gasteiger partial charge in [-0.05, 0) is 12.8 Å². The normalized spacial score (nSPS) is 16.7. The molecule has 1 heterocycles. The molecule has 20 heavy (non-hydrogen) atoms. The Morgan fingerprint density at radius 1 is 1.40 bits per heavy atom. The maximum atomic E-state index is 12.0. The second kappa shape index (κ2) is 8.16. The van der Waals surface area contributed by atoms with E-state index in [4.69, 9.17) is 18.0 Å². The van der Waals surface area contributed by atoms with E-state index in [1.54, 1.807) is 11.9 Å². The van der Waals surface area contributed by atoms with Crippen LogP contribution in [0.2, 0.25) is 0 Å². The van der Waals surface area contributed by atoms with Crippen LogP contribution in [0, 0.1) is 0 Å². The van der Waals surface area contributed by atoms with E-state index in [2.05, 4.69) is 10.2 Å². The molecular weight excluding hydrogens is 276 g/mol. The lowest BCUT2D eigenvalue weighted by atomic mass is 10.1. The molecule has 3 N–H and O–H groups in total. The molecule has 1 saturated heterocycles. The van der Waals surface area contributed by atoms with Crippen molar-refractivity contribution in [3.63, 3.8) is 0 Å². The zero-order valence-corrected chi connectivity index (χ0v) is 13.0. The van der Waals surface area contributed by atoms with Gasteiger partial charge in [-0.1, -0.05) is 12.2 Å². The maximum Gasteiger partial charge on any atom is 0.236 e. The Labute approximate surface area is 125 Å². The monoisotopic (exact) mass is 300 g/mol. The molecule has 0 atom stereocenters. The summed E-state index contributed by atoms with van der Waals surface area (Å²) in [6.45, 7) is 4.18. The third-order valence-electron chi connectivity index (χ3n) is 3.47. The highest BCUT2D eigenvalue weighted by atomic mass is 32.1. The van der Waals surface area contributed by atoms with Gasteiger partial charge in [0.05, 0.1) is 11.5 Å². The summed E-state index contributed by atoms with van der Waals surface area (Å²) >= 11 is 4.80. The smallest absolute Gasteiger partial charge is 0.236 e. The van der Waals surface area contributed by atoms with Crippen molar-refractivity contribution in [1.82, 2.24) is 15.1 Å². The van der Waals surface area contributed by atoms with Gasteiger partial charge in [-0.3, -0.25) is 14.5 Å². The summed E-state index contributed by atoms with van der Waals surface area (Å²) in [5.41, 5.74) is 5.43. The maximum absolute atomic E-state index is 12.0. The number of hydrogen-bond acceptors (Lipinski definition) is 4. The Morgan fingerprint density at radius 3 is 2.50 bits per heavy atom. The molecule has 1 fully saturated rings. The Bertz CT molecular complexity index is 367. The minimum absolute atomic E-state index is 0.0111. The molecule has 2 amide bonds. The number of likely N-dealkylation sites (N-methyl/N-ethyl adjacent to an activating group) is 1. The first-order chi connectivity index (χ1) is 9.38. The fraction of sp³-hybridized carbons (Fsp3) is 0.769. The van der Waals surface area contributed by atoms with Crippen molar-refractivity contribution in [2.24, 2.45) is 5.73 Å². The molecule has 1 aliphatic heterocycles. The number of nitrogens with one attached hydrogen (secondary N) is 1. The van der Waals surface area contributed by atoms with Crippen LogP contribution >= 0.6 is 12.2 Å². The highest BCUT2D eigenvalue weighted by molar-refractivity contribution is 7.80. The second-order valence-electron chi connectivity index (χ2n) is 5.28. The van der Waals surface area contributed by atoms with E-state index < -0.39 is 0 Å². The molecule has 7 heteroatoms. The second-order valence-corrected chi connectivity index (χ2v) is 5.81. The summed E-state index contributed by atoms with van der Waals surface area (Å²) in [6.07, 6.45) is 2.34. The summed E-state index contributed by atoms with van der Waals surface area (Å²) in [6, 6.07) is 0.242. The third-order valence-corrected chi connectivity index (χ3v) is 3.68. The largest absolute Gasteiger partial charge is 0.393 e. The van der Waals surface area contributed by atoms with E-state index in [9.17, 15) is 9.59 Å². The predicted octanol–water partition coefficient (Wildman–Crippen LogP) is -0.278. The van der Waals surface area contributed by atoms with Crippen molar-refractivity contribution in [3.8, 4) is 0 Å². The van der Waals surface area contributed by atoms with Crippen molar-refractivity contribution in [3.05, 3.63) is 0 Å². The number of thiocarbonyl (C=S) groups is 1. The van der Waals surface area contributed by atoms with Gasteiger partial charge < -0.3 is 16.0 Å². The Morgan fingerprint density at radius 2 is 2.00 bits per heavy atom. The van der Waals surface area contributed by atoms with Crippen LogP contribution < -0.4 is 11.1 Å². The van der Waals surface area contributed by atoms with Crippen LogP contribution in [0.3, 0.4) is 0 Å². The van der Waals surface area contributed by atoms with Crippen LogP contribution in [-0.2, 0) is 9.59 Å². The first-order valence-corrected chi connectivity index (χ1v) is 7.31. The fourth-order valence-electron chi connectivity index (χ4n) is 2.24. The minimum atomic E-state index is 0.0111. The SMILES string of the molecule is CC(=O)NC1CCN(CC(=O)N(C)CCC(N)=S)CC1. The number of rotatable bonds is 6. The standard InChI is InChI=1S/C13H24N4O2S/c1-10(18)15-11-3-7-17(8-4-11)9-13(19)16(2)6-5-12(14)20/h11H,3-9H2,1-2H3,(H2,14,20)(H,15,18). The molecule has 6 nitrogen and oxygen atoms in total. The van der Waals surface area contributed by atoms with Crippen LogP contribution in [0.25, 0.3) is 0 Å². The molecule has 0 aromatic heterocycles. The zero-order chi connectivity index (χ0) is 15.1. The molecule has 1 aliphatic rings. The molecule has 0 unspecified atom stereocenters. The molecule has 0 bridgehead atoms. The van der Waals surface area contributed by atoms with E-state index >= 15 is 0 Å². The Kier molecular flexibility index (Phi) is 6.87. The summed E-state index contributed by atoms with van der Waals surface area (Å²) in [7, 11) is 1.77. The molecule has 0 saturated carbocycles. The van der Waals surface area contributed by atoms with Crippen molar-refractivity contribution >= 4 is 29.0 Å². The van der Waals surface area contributed by atoms with E-state index in [0.29, 0.717) is 24.5 Å². The van der Waals surface area contributed by atoms with Gasteiger partial charge in [-0.25, -0.2) is 0 Å². The van der Waals surface area contributed by atoms with E-state index in [-0.39, 0.29) is 17.9 Å². The van der Waals surface area contributed by atoms with Gasteiger partial charge in [0.25, 0.3) is 0 Å². The molecule has 1 rings (SSSR count). The molecule has 0 spiro atoms.